The zero-order chi connectivity index (χ0) is 13.1. The molecule has 0 aromatic carbocycles. The minimum Gasteiger partial charge on any atom is -0.349 e. The van der Waals surface area contributed by atoms with Crippen LogP contribution in [0.1, 0.15) is 24.6 Å². The normalized spacial score (nSPS) is 15.1. The van der Waals surface area contributed by atoms with Crippen LogP contribution in [0.4, 0.5) is 14.6 Å². The smallest absolute Gasteiger partial charge is 0.255 e. The van der Waals surface area contributed by atoms with Crippen molar-refractivity contribution in [2.75, 3.05) is 24.5 Å². The van der Waals surface area contributed by atoms with E-state index < -0.39 is 13.0 Å². The first-order valence-electron chi connectivity index (χ1n) is 5.94. The highest BCUT2D eigenvalue weighted by Gasteiger charge is 2.27. The predicted octanol–water partition coefficient (Wildman–Crippen LogP) is 0.677. The maximum atomic E-state index is 12.5. The lowest BCUT2D eigenvalue weighted by Gasteiger charge is -2.22. The summed E-state index contributed by atoms with van der Waals surface area (Å²) in [5, 5.41) is 0. The third-order valence-electron chi connectivity index (χ3n) is 2.79. The molecule has 0 spiro atoms. The number of hydrogen-bond acceptors (Lipinski definition) is 4. The fourth-order valence-corrected chi connectivity index (χ4v) is 1.80. The summed E-state index contributed by atoms with van der Waals surface area (Å²) in [5.74, 6) is 1.14. The van der Waals surface area contributed by atoms with E-state index in [1.165, 1.54) is 11.0 Å². The number of nitrogens with one attached hydrogen (secondary N) is 1. The molecule has 0 bridgehead atoms. The molecule has 0 radical (unpaired) electrons. The van der Waals surface area contributed by atoms with Crippen molar-refractivity contribution in [1.82, 2.24) is 9.97 Å². The molecule has 1 aromatic heterocycles. The highest BCUT2D eigenvalue weighted by Crippen LogP contribution is 2.37. The first-order chi connectivity index (χ1) is 8.60. The van der Waals surface area contributed by atoms with E-state index in [0.29, 0.717) is 5.82 Å². The molecule has 0 saturated heterocycles. The number of aromatic nitrogens is 2. The molecule has 100 valence electrons. The molecule has 7 heteroatoms. The van der Waals surface area contributed by atoms with Gasteiger partial charge in [-0.1, -0.05) is 0 Å². The van der Waals surface area contributed by atoms with Crippen LogP contribution in [-0.2, 0) is 0 Å². The molecule has 1 aliphatic carbocycles. The van der Waals surface area contributed by atoms with Crippen molar-refractivity contribution in [3.05, 3.63) is 22.2 Å². The van der Waals surface area contributed by atoms with Crippen LogP contribution in [0.2, 0.25) is 0 Å². The van der Waals surface area contributed by atoms with Gasteiger partial charge in [0.1, 0.15) is 11.6 Å². The van der Waals surface area contributed by atoms with Crippen LogP contribution in [0.25, 0.3) is 0 Å². The average Bonchev–Trinajstić information content (AvgIpc) is 3.10. The Labute approximate surface area is 103 Å². The van der Waals surface area contributed by atoms with Gasteiger partial charge in [0, 0.05) is 25.1 Å². The van der Waals surface area contributed by atoms with Gasteiger partial charge < -0.3 is 15.6 Å². The van der Waals surface area contributed by atoms with Crippen molar-refractivity contribution < 1.29 is 8.78 Å². The number of halogens is 2. The van der Waals surface area contributed by atoms with Gasteiger partial charge in [-0.2, -0.15) is 0 Å². The summed E-state index contributed by atoms with van der Waals surface area (Å²) in [7, 11) is 0. The third-order valence-corrected chi connectivity index (χ3v) is 2.79. The summed E-state index contributed by atoms with van der Waals surface area (Å²) < 4.78 is 24.9. The molecule has 1 fully saturated rings. The standard InChI is InChI=1S/C11H16F2N4O/c12-8(13)6-17(4-3-14)9-5-10(18)16-11(15-9)7-1-2-7/h5,7-8H,1-4,6,14H2,(H,15,16,18). The van der Waals surface area contributed by atoms with Crippen molar-refractivity contribution in [3.63, 3.8) is 0 Å². The van der Waals surface area contributed by atoms with E-state index in [1.54, 1.807) is 0 Å². The molecule has 0 atom stereocenters. The van der Waals surface area contributed by atoms with Gasteiger partial charge in [-0.15, -0.1) is 0 Å². The zero-order valence-corrected chi connectivity index (χ0v) is 9.90. The molecule has 0 amide bonds. The van der Waals surface area contributed by atoms with Crippen molar-refractivity contribution >= 4 is 5.82 Å². The van der Waals surface area contributed by atoms with E-state index in [0.717, 1.165) is 12.8 Å². The van der Waals surface area contributed by atoms with Crippen LogP contribution in [0.15, 0.2) is 10.9 Å². The fraction of sp³-hybridized carbons (Fsp3) is 0.636. The van der Waals surface area contributed by atoms with Crippen LogP contribution in [0, 0.1) is 0 Å². The van der Waals surface area contributed by atoms with Crippen LogP contribution < -0.4 is 16.2 Å². The zero-order valence-electron chi connectivity index (χ0n) is 9.90. The Balaban J connectivity index is 2.24. The largest absolute Gasteiger partial charge is 0.349 e. The van der Waals surface area contributed by atoms with Crippen LogP contribution in [0.5, 0.6) is 0 Å². The van der Waals surface area contributed by atoms with E-state index in [4.69, 9.17) is 5.73 Å². The molecule has 18 heavy (non-hydrogen) atoms. The topological polar surface area (TPSA) is 75.0 Å². The van der Waals surface area contributed by atoms with Gasteiger partial charge in [0.25, 0.3) is 12.0 Å². The van der Waals surface area contributed by atoms with Gasteiger partial charge in [0.2, 0.25) is 0 Å². The molecular weight excluding hydrogens is 242 g/mol. The first kappa shape index (κ1) is 12.9. The number of H-pyrrole nitrogens is 1. The second kappa shape index (κ2) is 5.43. The van der Waals surface area contributed by atoms with E-state index in [2.05, 4.69) is 9.97 Å². The Hall–Kier alpha value is -1.50. The number of anilines is 1. The molecule has 2 rings (SSSR count). The Morgan fingerprint density at radius 3 is 2.83 bits per heavy atom. The van der Waals surface area contributed by atoms with E-state index >= 15 is 0 Å². The van der Waals surface area contributed by atoms with Crippen molar-refractivity contribution in [3.8, 4) is 0 Å². The first-order valence-corrected chi connectivity index (χ1v) is 5.94. The van der Waals surface area contributed by atoms with Gasteiger partial charge in [0.05, 0.1) is 6.54 Å². The SMILES string of the molecule is NCCN(CC(F)F)c1cc(=O)[nH]c(C2CC2)n1. The number of nitrogens with two attached hydrogens (primary N) is 1. The van der Waals surface area contributed by atoms with Crippen LogP contribution in [-0.4, -0.2) is 36.0 Å². The minimum atomic E-state index is -2.48. The lowest BCUT2D eigenvalue weighted by atomic mass is 10.3. The quantitative estimate of drug-likeness (QED) is 0.786. The van der Waals surface area contributed by atoms with Gasteiger partial charge in [0.15, 0.2) is 0 Å². The summed E-state index contributed by atoms with van der Waals surface area (Å²) in [4.78, 5) is 19.7. The number of aromatic amines is 1. The molecule has 5 nitrogen and oxygen atoms in total. The van der Waals surface area contributed by atoms with E-state index in [1.807, 2.05) is 0 Å². The van der Waals surface area contributed by atoms with Crippen molar-refractivity contribution in [1.29, 1.82) is 0 Å². The number of rotatable bonds is 6. The Morgan fingerprint density at radius 1 is 1.56 bits per heavy atom. The summed E-state index contributed by atoms with van der Waals surface area (Å²) in [5.41, 5.74) is 5.08. The maximum absolute atomic E-state index is 12.5. The highest BCUT2D eigenvalue weighted by atomic mass is 19.3. The predicted molar refractivity (Wildman–Crippen MR) is 64.1 cm³/mol. The molecular formula is C11H16F2N4O. The fourth-order valence-electron chi connectivity index (χ4n) is 1.80. The average molecular weight is 258 g/mol. The Kier molecular flexibility index (Phi) is 3.90. The lowest BCUT2D eigenvalue weighted by molar-refractivity contribution is 0.154. The summed E-state index contributed by atoms with van der Waals surface area (Å²) >= 11 is 0. The van der Waals surface area contributed by atoms with E-state index in [9.17, 15) is 13.6 Å². The monoisotopic (exact) mass is 258 g/mol. The van der Waals surface area contributed by atoms with E-state index in [-0.39, 0.29) is 30.4 Å². The second-order valence-electron chi connectivity index (χ2n) is 4.39. The summed E-state index contributed by atoms with van der Waals surface area (Å²) in [6, 6.07) is 1.24. The molecule has 0 unspecified atom stereocenters. The molecule has 3 N–H and O–H groups in total. The van der Waals surface area contributed by atoms with Crippen LogP contribution in [0.3, 0.4) is 0 Å². The number of nitrogens with zero attached hydrogens (tertiary/aromatic N) is 2. The van der Waals surface area contributed by atoms with Gasteiger partial charge >= 0.3 is 0 Å². The van der Waals surface area contributed by atoms with Gasteiger partial charge in [-0.3, -0.25) is 4.79 Å². The Bertz CT molecular complexity index is 459. The number of hydrogen-bond donors (Lipinski definition) is 2. The minimum absolute atomic E-state index is 0.236. The second-order valence-corrected chi connectivity index (χ2v) is 4.39. The molecule has 1 aromatic rings. The third kappa shape index (κ3) is 3.25. The summed E-state index contributed by atoms with van der Waals surface area (Å²) in [6.07, 6.45) is -0.516. The molecule has 1 heterocycles. The molecule has 1 aliphatic rings. The van der Waals surface area contributed by atoms with Crippen molar-refractivity contribution in [2.24, 2.45) is 5.73 Å². The Morgan fingerprint density at radius 2 is 2.28 bits per heavy atom. The lowest BCUT2D eigenvalue weighted by Crippen LogP contribution is -2.35. The maximum Gasteiger partial charge on any atom is 0.255 e. The van der Waals surface area contributed by atoms with Gasteiger partial charge in [-0.05, 0) is 12.8 Å². The van der Waals surface area contributed by atoms with Gasteiger partial charge in [-0.25, -0.2) is 13.8 Å². The highest BCUT2D eigenvalue weighted by molar-refractivity contribution is 5.38. The molecule has 0 aliphatic heterocycles. The van der Waals surface area contributed by atoms with Crippen LogP contribution >= 0.6 is 0 Å². The molecule has 1 saturated carbocycles. The summed E-state index contributed by atoms with van der Waals surface area (Å²) in [6.45, 7) is 0.0304. The number of alkyl halides is 2. The van der Waals surface area contributed by atoms with Crippen molar-refractivity contribution in [2.45, 2.75) is 25.2 Å².